The molecule has 2 heterocycles. The fourth-order valence-electron chi connectivity index (χ4n) is 2.63. The topological polar surface area (TPSA) is 182 Å². The average molecular weight is 364 g/mol. The number of aromatic hydroxyl groups is 1. The highest BCUT2D eigenvalue weighted by atomic mass is 16.4. The van der Waals surface area contributed by atoms with Gasteiger partial charge in [-0.25, -0.2) is 9.78 Å². The lowest BCUT2D eigenvalue weighted by atomic mass is 10.1. The zero-order valence-electron chi connectivity index (χ0n) is 13.3. The van der Waals surface area contributed by atoms with Crippen molar-refractivity contribution in [1.82, 2.24) is 19.5 Å². The Kier molecular flexibility index (Phi) is 4.70. The Morgan fingerprint density at radius 1 is 1.12 bits per heavy atom. The molecule has 26 heavy (non-hydrogen) atoms. The number of aliphatic hydroxyl groups is 4. The van der Waals surface area contributed by atoms with Crippen molar-refractivity contribution in [2.24, 2.45) is 0 Å². The largest absolute Gasteiger partial charge is 0.508 e. The Morgan fingerprint density at radius 2 is 1.85 bits per heavy atom. The van der Waals surface area contributed by atoms with Crippen LogP contribution in [-0.2, 0) is 6.54 Å². The first-order chi connectivity index (χ1) is 12.3. The van der Waals surface area contributed by atoms with Gasteiger partial charge in [-0.1, -0.05) is 0 Å². The minimum Gasteiger partial charge on any atom is -0.508 e. The predicted molar refractivity (Wildman–Crippen MR) is 87.8 cm³/mol. The fraction of sp³-hybridized carbons (Fsp3) is 0.333. The van der Waals surface area contributed by atoms with Gasteiger partial charge >= 0.3 is 5.69 Å². The number of fused-ring (bicyclic) bond motifs is 2. The molecule has 0 amide bonds. The van der Waals surface area contributed by atoms with Crippen molar-refractivity contribution in [3.05, 3.63) is 39.0 Å². The van der Waals surface area contributed by atoms with Crippen LogP contribution >= 0.6 is 0 Å². The number of phenols is 1. The van der Waals surface area contributed by atoms with Gasteiger partial charge in [-0.3, -0.25) is 9.78 Å². The fourth-order valence-corrected chi connectivity index (χ4v) is 2.63. The molecule has 0 saturated heterocycles. The molecule has 0 radical (unpaired) electrons. The molecule has 3 atom stereocenters. The summed E-state index contributed by atoms with van der Waals surface area (Å²) in [5.41, 5.74) is -1.38. The van der Waals surface area contributed by atoms with Gasteiger partial charge in [-0.2, -0.15) is 4.98 Å². The molecule has 0 saturated carbocycles. The van der Waals surface area contributed by atoms with E-state index in [0.29, 0.717) is 0 Å². The molecule has 11 heteroatoms. The normalized spacial score (nSPS) is 15.2. The number of benzene rings is 1. The molecule has 0 spiro atoms. The lowest BCUT2D eigenvalue weighted by Crippen LogP contribution is -2.42. The van der Waals surface area contributed by atoms with Crippen LogP contribution in [0.5, 0.6) is 5.75 Å². The maximum Gasteiger partial charge on any atom is 0.349 e. The van der Waals surface area contributed by atoms with Crippen LogP contribution < -0.4 is 11.2 Å². The highest BCUT2D eigenvalue weighted by molar-refractivity contribution is 5.80. The molecule has 1 aromatic rings. The standard InChI is InChI=1S/C15H16N4O7/c20-5-10(23)12(24)9(22)4-19-8-3-6(21)1-2-7(8)16-11-13(19)17-15(26)18-14(11)25/h1-3,9-10,12,20-24H,4-5H2,(H,18,25,26)/t9-,10+,12-/m0/s1. The first kappa shape index (κ1) is 17.9. The van der Waals surface area contributed by atoms with Crippen LogP contribution in [0.25, 0.3) is 22.6 Å². The molecule has 0 aliphatic carbocycles. The third kappa shape index (κ3) is 3.15. The summed E-state index contributed by atoms with van der Waals surface area (Å²) in [5.74, 6) is -0.299. The van der Waals surface area contributed by atoms with Crippen LogP contribution in [0.2, 0.25) is 0 Å². The number of nitrogens with one attached hydrogen (secondary N) is 1. The monoisotopic (exact) mass is 364 g/mol. The van der Waals surface area contributed by atoms with Gasteiger partial charge in [0.2, 0.25) is 0 Å². The Bertz CT molecular complexity index is 1030. The van der Waals surface area contributed by atoms with Gasteiger partial charge < -0.3 is 30.1 Å². The molecular formula is C15H16N4O7. The predicted octanol–water partition coefficient (Wildman–Crippen LogP) is -2.63. The van der Waals surface area contributed by atoms with Gasteiger partial charge in [0, 0.05) is 6.07 Å². The summed E-state index contributed by atoms with van der Waals surface area (Å²) in [7, 11) is 0. The van der Waals surface area contributed by atoms with Crippen molar-refractivity contribution >= 4 is 11.0 Å². The smallest absolute Gasteiger partial charge is 0.349 e. The Morgan fingerprint density at radius 3 is 2.54 bits per heavy atom. The van der Waals surface area contributed by atoms with E-state index in [1.165, 1.54) is 22.8 Å². The van der Waals surface area contributed by atoms with E-state index < -0.39 is 42.7 Å². The van der Waals surface area contributed by atoms with Crippen LogP contribution in [-0.4, -0.2) is 70.0 Å². The van der Waals surface area contributed by atoms with Crippen LogP contribution in [0.15, 0.2) is 27.8 Å². The van der Waals surface area contributed by atoms with Gasteiger partial charge in [-0.15, -0.1) is 0 Å². The first-order valence-electron chi connectivity index (χ1n) is 7.60. The number of H-pyrrole nitrogens is 1. The zero-order valence-corrected chi connectivity index (χ0v) is 13.3. The third-order valence-corrected chi connectivity index (χ3v) is 3.94. The van der Waals surface area contributed by atoms with Crippen molar-refractivity contribution in [2.45, 2.75) is 24.9 Å². The van der Waals surface area contributed by atoms with Crippen molar-refractivity contribution < 1.29 is 25.5 Å². The van der Waals surface area contributed by atoms with Gasteiger partial charge in [0.1, 0.15) is 24.1 Å². The van der Waals surface area contributed by atoms with Crippen LogP contribution in [0.4, 0.5) is 0 Å². The van der Waals surface area contributed by atoms with Crippen LogP contribution in [0.1, 0.15) is 0 Å². The van der Waals surface area contributed by atoms with Crippen molar-refractivity contribution in [3.63, 3.8) is 0 Å². The summed E-state index contributed by atoms with van der Waals surface area (Å²) in [5, 5.41) is 48.2. The molecule has 2 aliphatic heterocycles. The molecule has 6 N–H and O–H groups in total. The summed E-state index contributed by atoms with van der Waals surface area (Å²) in [6, 6.07) is 4.06. The SMILES string of the molecule is O=c1nc2n(C[C@H](O)[C@H](O)[C@H](O)CO)c3cc(O)ccc3nc-2c(=O)[nH]1. The number of hydrogen-bond acceptors (Lipinski definition) is 9. The molecule has 3 rings (SSSR count). The third-order valence-electron chi connectivity index (χ3n) is 3.94. The number of aromatic amines is 1. The molecule has 0 aromatic heterocycles. The number of rotatable bonds is 5. The van der Waals surface area contributed by atoms with E-state index in [1.54, 1.807) is 0 Å². The second-order valence-corrected chi connectivity index (χ2v) is 5.75. The van der Waals surface area contributed by atoms with Crippen molar-refractivity contribution in [2.75, 3.05) is 6.61 Å². The molecule has 0 unspecified atom stereocenters. The number of aromatic nitrogens is 4. The summed E-state index contributed by atoms with van der Waals surface area (Å²) >= 11 is 0. The van der Waals surface area contributed by atoms with E-state index in [1.807, 2.05) is 4.98 Å². The molecule has 1 aromatic carbocycles. The van der Waals surface area contributed by atoms with E-state index in [4.69, 9.17) is 5.11 Å². The summed E-state index contributed by atoms with van der Waals surface area (Å²) in [4.78, 5) is 33.4. The zero-order chi connectivity index (χ0) is 19.0. The van der Waals surface area contributed by atoms with Crippen molar-refractivity contribution in [3.8, 4) is 17.3 Å². The molecular weight excluding hydrogens is 348 g/mol. The second-order valence-electron chi connectivity index (χ2n) is 5.75. The van der Waals surface area contributed by atoms with Crippen LogP contribution in [0.3, 0.4) is 0 Å². The highest BCUT2D eigenvalue weighted by Crippen LogP contribution is 2.24. The molecule has 0 bridgehead atoms. The molecule has 2 aliphatic rings. The minimum absolute atomic E-state index is 0.134. The number of phenolic OH excluding ortho intramolecular Hbond substituents is 1. The van der Waals surface area contributed by atoms with Gasteiger partial charge in [0.15, 0.2) is 11.5 Å². The Hall–Kier alpha value is -2.86. The lowest BCUT2D eigenvalue weighted by molar-refractivity contribution is -0.0802. The number of hydrogen-bond donors (Lipinski definition) is 6. The quantitative estimate of drug-likeness (QED) is 0.264. The highest BCUT2D eigenvalue weighted by Gasteiger charge is 2.27. The van der Waals surface area contributed by atoms with Crippen molar-refractivity contribution in [1.29, 1.82) is 0 Å². The first-order valence-corrected chi connectivity index (χ1v) is 7.60. The Balaban J connectivity index is 2.24. The molecule has 11 nitrogen and oxygen atoms in total. The van der Waals surface area contributed by atoms with E-state index in [-0.39, 0.29) is 28.3 Å². The van der Waals surface area contributed by atoms with E-state index in [9.17, 15) is 30.0 Å². The van der Waals surface area contributed by atoms with Crippen LogP contribution in [0, 0.1) is 0 Å². The average Bonchev–Trinajstić information content (AvgIpc) is 2.61. The maximum absolute atomic E-state index is 12.0. The number of nitrogens with zero attached hydrogens (tertiary/aromatic N) is 3. The summed E-state index contributed by atoms with van der Waals surface area (Å²) in [6.07, 6.45) is -4.86. The second kappa shape index (κ2) is 6.80. The summed E-state index contributed by atoms with van der Waals surface area (Å²) in [6.45, 7) is -1.17. The van der Waals surface area contributed by atoms with E-state index >= 15 is 0 Å². The van der Waals surface area contributed by atoms with Gasteiger partial charge in [-0.05, 0) is 12.1 Å². The lowest BCUT2D eigenvalue weighted by Gasteiger charge is -2.24. The summed E-state index contributed by atoms with van der Waals surface area (Å²) < 4.78 is 1.23. The van der Waals surface area contributed by atoms with Gasteiger partial charge in [0.25, 0.3) is 5.56 Å². The molecule has 138 valence electrons. The minimum atomic E-state index is -1.70. The van der Waals surface area contributed by atoms with E-state index in [0.717, 1.165) is 0 Å². The van der Waals surface area contributed by atoms with Gasteiger partial charge in [0.05, 0.1) is 24.2 Å². The molecule has 0 fully saturated rings. The Labute approximate surface area is 144 Å². The maximum atomic E-state index is 12.0. The number of aliphatic hydroxyl groups excluding tert-OH is 4. The van der Waals surface area contributed by atoms with E-state index in [2.05, 4.69) is 9.97 Å².